The summed E-state index contributed by atoms with van der Waals surface area (Å²) < 4.78 is 10.2. The largest absolute Gasteiger partial charge is 0.454 e. The number of nitrogens with one attached hydrogen (secondary N) is 1. The second-order valence-electron chi connectivity index (χ2n) is 5.11. The number of anilines is 1. The van der Waals surface area contributed by atoms with Gasteiger partial charge < -0.3 is 9.47 Å². The van der Waals surface area contributed by atoms with Gasteiger partial charge in [0.2, 0.25) is 6.79 Å². The number of nitrogens with zero attached hydrogens (tertiary/aromatic N) is 4. The monoisotopic (exact) mass is 375 g/mol. The molecule has 1 heterocycles. The van der Waals surface area contributed by atoms with Gasteiger partial charge in [0.15, 0.2) is 11.5 Å². The highest BCUT2D eigenvalue weighted by atomic mass is 16.7. The molecule has 0 fully saturated rings. The number of benzene rings is 2. The van der Waals surface area contributed by atoms with Crippen LogP contribution in [0.1, 0.15) is 5.56 Å². The number of hydrogen-bond donors (Lipinski definition) is 1. The highest BCUT2D eigenvalue weighted by Crippen LogP contribution is 2.37. The Balaban J connectivity index is 1.89. The van der Waals surface area contributed by atoms with Gasteiger partial charge in [0.25, 0.3) is 11.4 Å². The molecular formula is C14H9N5O8. The molecule has 138 valence electrons. The number of nitro groups is 3. The molecule has 0 aliphatic carbocycles. The third-order valence-corrected chi connectivity index (χ3v) is 3.50. The minimum atomic E-state index is -0.812. The minimum absolute atomic E-state index is 0.0691. The molecule has 13 nitrogen and oxygen atoms in total. The molecule has 2 aromatic carbocycles. The summed E-state index contributed by atoms with van der Waals surface area (Å²) in [5.41, 5.74) is 0.977. The Morgan fingerprint density at radius 3 is 2.22 bits per heavy atom. The van der Waals surface area contributed by atoms with Crippen LogP contribution in [-0.4, -0.2) is 27.8 Å². The van der Waals surface area contributed by atoms with Crippen molar-refractivity contribution in [2.24, 2.45) is 5.10 Å². The van der Waals surface area contributed by atoms with Gasteiger partial charge in [0.05, 0.1) is 38.7 Å². The molecule has 0 radical (unpaired) electrons. The fraction of sp³-hybridized carbons (Fsp3) is 0.0714. The van der Waals surface area contributed by atoms with Gasteiger partial charge in [-0.2, -0.15) is 5.10 Å². The van der Waals surface area contributed by atoms with E-state index in [0.29, 0.717) is 5.75 Å². The predicted molar refractivity (Wildman–Crippen MR) is 90.2 cm³/mol. The van der Waals surface area contributed by atoms with Crippen LogP contribution in [0.25, 0.3) is 0 Å². The minimum Gasteiger partial charge on any atom is -0.454 e. The van der Waals surface area contributed by atoms with E-state index in [9.17, 15) is 30.3 Å². The number of hydrazone groups is 1. The van der Waals surface area contributed by atoms with Crippen LogP contribution in [0.4, 0.5) is 22.7 Å². The summed E-state index contributed by atoms with van der Waals surface area (Å²) in [5.74, 6) is 0.515. The van der Waals surface area contributed by atoms with Crippen molar-refractivity contribution in [3.05, 3.63) is 66.2 Å². The standard InChI is InChI=1S/C14H9N5O8/c20-17(21)9-1-2-10(12(4-9)19(24)25)16-15-6-8-3-13-14(27-7-26-13)5-11(8)18(22)23/h1-6,16H,7H2/b15-6+. The van der Waals surface area contributed by atoms with Crippen molar-refractivity contribution in [2.75, 3.05) is 12.2 Å². The van der Waals surface area contributed by atoms with E-state index >= 15 is 0 Å². The van der Waals surface area contributed by atoms with E-state index in [1.807, 2.05) is 0 Å². The molecule has 3 rings (SSSR count). The predicted octanol–water partition coefficient (Wildman–Crippen LogP) is 2.59. The van der Waals surface area contributed by atoms with Crippen LogP contribution in [0, 0.1) is 30.3 Å². The second-order valence-corrected chi connectivity index (χ2v) is 5.11. The first kappa shape index (κ1) is 17.5. The highest BCUT2D eigenvalue weighted by molar-refractivity contribution is 5.87. The molecule has 0 bridgehead atoms. The first-order chi connectivity index (χ1) is 12.9. The van der Waals surface area contributed by atoms with Crippen LogP contribution in [0.3, 0.4) is 0 Å². The van der Waals surface area contributed by atoms with Gasteiger partial charge in [-0.05, 0) is 12.1 Å². The Labute approximate surface area is 149 Å². The maximum Gasteiger partial charge on any atom is 0.301 e. The van der Waals surface area contributed by atoms with Crippen LogP contribution in [-0.2, 0) is 0 Å². The number of ether oxygens (including phenoxy) is 2. The van der Waals surface area contributed by atoms with Crippen molar-refractivity contribution in [1.82, 2.24) is 0 Å². The van der Waals surface area contributed by atoms with Crippen molar-refractivity contribution in [3.63, 3.8) is 0 Å². The molecule has 1 aliphatic heterocycles. The molecule has 27 heavy (non-hydrogen) atoms. The number of non-ortho nitro benzene ring substituents is 1. The molecule has 0 saturated carbocycles. The molecule has 0 aromatic heterocycles. The van der Waals surface area contributed by atoms with Gasteiger partial charge >= 0.3 is 5.69 Å². The van der Waals surface area contributed by atoms with E-state index < -0.39 is 26.1 Å². The van der Waals surface area contributed by atoms with Gasteiger partial charge in [-0.15, -0.1) is 0 Å². The van der Waals surface area contributed by atoms with Crippen LogP contribution in [0.2, 0.25) is 0 Å². The van der Waals surface area contributed by atoms with Gasteiger partial charge in [0.1, 0.15) is 5.69 Å². The molecule has 13 heteroatoms. The average Bonchev–Trinajstić information content (AvgIpc) is 3.08. The zero-order valence-electron chi connectivity index (χ0n) is 13.2. The van der Waals surface area contributed by atoms with E-state index in [0.717, 1.165) is 24.4 Å². The Morgan fingerprint density at radius 2 is 1.59 bits per heavy atom. The fourth-order valence-electron chi connectivity index (χ4n) is 2.26. The van der Waals surface area contributed by atoms with Crippen molar-refractivity contribution in [3.8, 4) is 11.5 Å². The Hall–Kier alpha value is -4.29. The number of fused-ring (bicyclic) bond motifs is 1. The van der Waals surface area contributed by atoms with E-state index in [1.54, 1.807) is 0 Å². The summed E-state index contributed by atoms with van der Waals surface area (Å²) in [4.78, 5) is 30.8. The molecular weight excluding hydrogens is 366 g/mol. The lowest BCUT2D eigenvalue weighted by Crippen LogP contribution is -2.00. The number of nitro benzene ring substituents is 3. The van der Waals surface area contributed by atoms with Crippen molar-refractivity contribution in [2.45, 2.75) is 0 Å². The van der Waals surface area contributed by atoms with Gasteiger partial charge in [-0.3, -0.25) is 35.8 Å². The summed E-state index contributed by atoms with van der Waals surface area (Å²) in [6.45, 7) is -0.0691. The fourth-order valence-corrected chi connectivity index (χ4v) is 2.26. The topological polar surface area (TPSA) is 172 Å². The van der Waals surface area contributed by atoms with Crippen LogP contribution < -0.4 is 14.9 Å². The van der Waals surface area contributed by atoms with Crippen molar-refractivity contribution < 1.29 is 24.2 Å². The molecule has 0 unspecified atom stereocenters. The molecule has 2 aromatic rings. The zero-order chi connectivity index (χ0) is 19.6. The normalized spacial score (nSPS) is 12.1. The first-order valence-corrected chi connectivity index (χ1v) is 7.17. The van der Waals surface area contributed by atoms with Gasteiger partial charge in [-0.1, -0.05) is 0 Å². The summed E-state index contributed by atoms with van der Waals surface area (Å²) in [6.07, 6.45) is 1.07. The molecule has 1 N–H and O–H groups in total. The van der Waals surface area contributed by atoms with E-state index in [1.165, 1.54) is 12.1 Å². The quantitative estimate of drug-likeness (QED) is 0.452. The lowest BCUT2D eigenvalue weighted by Gasteiger charge is -2.03. The molecule has 0 atom stereocenters. The molecule has 0 amide bonds. The van der Waals surface area contributed by atoms with Gasteiger partial charge in [0, 0.05) is 6.07 Å². The van der Waals surface area contributed by atoms with Crippen molar-refractivity contribution >= 4 is 29.0 Å². The molecule has 0 saturated heterocycles. The lowest BCUT2D eigenvalue weighted by atomic mass is 10.1. The lowest BCUT2D eigenvalue weighted by molar-refractivity contribution is -0.393. The van der Waals surface area contributed by atoms with Gasteiger partial charge in [-0.25, -0.2) is 0 Å². The van der Waals surface area contributed by atoms with E-state index in [2.05, 4.69) is 10.5 Å². The average molecular weight is 375 g/mol. The number of hydrogen-bond acceptors (Lipinski definition) is 10. The molecule has 1 aliphatic rings. The summed E-state index contributed by atoms with van der Waals surface area (Å²) in [5, 5.41) is 36.7. The van der Waals surface area contributed by atoms with Crippen LogP contribution in [0.15, 0.2) is 35.4 Å². The van der Waals surface area contributed by atoms with Crippen molar-refractivity contribution in [1.29, 1.82) is 0 Å². The zero-order valence-corrected chi connectivity index (χ0v) is 13.2. The van der Waals surface area contributed by atoms with Crippen LogP contribution >= 0.6 is 0 Å². The smallest absolute Gasteiger partial charge is 0.301 e. The maximum atomic E-state index is 11.2. The number of rotatable bonds is 6. The summed E-state index contributed by atoms with van der Waals surface area (Å²) in [7, 11) is 0. The molecule has 0 spiro atoms. The Kier molecular flexibility index (Phi) is 4.49. The Morgan fingerprint density at radius 1 is 0.926 bits per heavy atom. The second kappa shape index (κ2) is 6.91. The summed E-state index contributed by atoms with van der Waals surface area (Å²) in [6, 6.07) is 5.48. The third kappa shape index (κ3) is 3.55. The SMILES string of the molecule is O=[N+]([O-])c1ccc(N/N=C/c2cc3c(cc2[N+](=O)[O-])OCO3)c([N+](=O)[O-])c1. The maximum absolute atomic E-state index is 11.2. The van der Waals surface area contributed by atoms with Crippen LogP contribution in [0.5, 0.6) is 11.5 Å². The third-order valence-electron chi connectivity index (χ3n) is 3.50. The van der Waals surface area contributed by atoms with E-state index in [-0.39, 0.29) is 29.5 Å². The highest BCUT2D eigenvalue weighted by Gasteiger charge is 2.23. The first-order valence-electron chi connectivity index (χ1n) is 7.17. The van der Waals surface area contributed by atoms with E-state index in [4.69, 9.17) is 9.47 Å². The summed E-state index contributed by atoms with van der Waals surface area (Å²) >= 11 is 0. The Bertz CT molecular complexity index is 990.